The van der Waals surface area contributed by atoms with Crippen LogP contribution in [0, 0.1) is 0 Å². The Morgan fingerprint density at radius 3 is 1.49 bits per heavy atom. The number of phosphoric ester groups is 2. The molecule has 13 nitrogen and oxygen atoms in total. The predicted molar refractivity (Wildman–Crippen MR) is 121 cm³/mol. The maximum Gasteiger partial charge on any atom is 0.472 e. The quantitative estimate of drug-likeness (QED) is 0.230. The Kier molecular flexibility index (Phi) is 10.9. The molecule has 3 aliphatic rings. The third-order valence-electron chi connectivity index (χ3n) is 5.66. The molecule has 0 aromatic heterocycles. The summed E-state index contributed by atoms with van der Waals surface area (Å²) < 4.78 is 71.9. The molecule has 0 saturated carbocycles. The van der Waals surface area contributed by atoms with Crippen LogP contribution in [-0.2, 0) is 50.9 Å². The molecule has 0 spiro atoms. The average molecular weight is 536 g/mol. The first-order valence-electron chi connectivity index (χ1n) is 11.0. The third-order valence-corrected chi connectivity index (χ3v) is 7.69. The lowest BCUT2D eigenvalue weighted by atomic mass is 9.96. The van der Waals surface area contributed by atoms with Crippen molar-refractivity contribution < 1.29 is 60.7 Å². The fourth-order valence-electron chi connectivity index (χ4n) is 4.06. The zero-order valence-corrected chi connectivity index (χ0v) is 21.2. The Bertz CT molecular complexity index is 781. The van der Waals surface area contributed by atoms with Gasteiger partial charge in [-0.1, -0.05) is 0 Å². The lowest BCUT2D eigenvalue weighted by molar-refractivity contribution is -0.0383. The van der Waals surface area contributed by atoms with Crippen LogP contribution in [0.25, 0.3) is 0 Å². The van der Waals surface area contributed by atoms with Crippen LogP contribution in [0.5, 0.6) is 0 Å². The molecule has 3 fully saturated rings. The summed E-state index contributed by atoms with van der Waals surface area (Å²) in [5.41, 5.74) is 0. The molecule has 3 aliphatic heterocycles. The molecule has 194 valence electrons. The highest BCUT2D eigenvalue weighted by Crippen LogP contribution is 2.50. The normalized spacial score (nSPS) is 41.1. The van der Waals surface area contributed by atoms with Gasteiger partial charge >= 0.3 is 15.6 Å². The highest BCUT2D eigenvalue weighted by atomic mass is 31.2. The van der Waals surface area contributed by atoms with Crippen molar-refractivity contribution in [1.29, 1.82) is 0 Å². The standard InChI is InChI=1S/C17H29B3O13P2/c1-25-6-12-10(4-16(19)29-12)32-35(23,24)28-8-14-11(5-17(20)31-14)33-34(21,22)27-7-13-9(26-2)3-15(18)30-13/h9-17H,3-8H2,1-2H3,(H,21,22)(H,23,24)/t9-,10-,11-,12?,13?,14?,15?,16?,17?/m0/s1. The monoisotopic (exact) mass is 536 g/mol. The van der Waals surface area contributed by atoms with Crippen LogP contribution in [0.3, 0.4) is 0 Å². The van der Waals surface area contributed by atoms with Crippen molar-refractivity contribution in [1.82, 2.24) is 0 Å². The van der Waals surface area contributed by atoms with E-state index in [0.29, 0.717) is 6.42 Å². The molecule has 11 atom stereocenters. The zero-order chi connectivity index (χ0) is 25.8. The lowest BCUT2D eigenvalue weighted by Gasteiger charge is -2.25. The second kappa shape index (κ2) is 12.8. The van der Waals surface area contributed by atoms with Gasteiger partial charge in [0.1, 0.15) is 41.9 Å². The largest absolute Gasteiger partial charge is 0.472 e. The van der Waals surface area contributed by atoms with Gasteiger partial charge in [0, 0.05) is 32.2 Å². The highest BCUT2D eigenvalue weighted by Gasteiger charge is 2.43. The Labute approximate surface area is 208 Å². The van der Waals surface area contributed by atoms with Gasteiger partial charge in [-0.15, -0.1) is 0 Å². The van der Waals surface area contributed by atoms with Crippen molar-refractivity contribution in [2.75, 3.05) is 34.0 Å². The Hall–Kier alpha value is 0.215. The number of phosphoric acid groups is 2. The van der Waals surface area contributed by atoms with Gasteiger partial charge in [-0.3, -0.25) is 18.1 Å². The van der Waals surface area contributed by atoms with Gasteiger partial charge in [0.05, 0.1) is 38.1 Å². The van der Waals surface area contributed by atoms with Gasteiger partial charge < -0.3 is 33.5 Å². The summed E-state index contributed by atoms with van der Waals surface area (Å²) >= 11 is 0. The maximum atomic E-state index is 12.5. The molecule has 0 aliphatic carbocycles. The first kappa shape index (κ1) is 29.8. The smallest absolute Gasteiger partial charge is 0.382 e. The van der Waals surface area contributed by atoms with E-state index in [4.69, 9.17) is 65.3 Å². The zero-order valence-electron chi connectivity index (χ0n) is 19.5. The van der Waals surface area contributed by atoms with Crippen LogP contribution in [0.15, 0.2) is 0 Å². The van der Waals surface area contributed by atoms with E-state index in [9.17, 15) is 18.9 Å². The van der Waals surface area contributed by atoms with E-state index >= 15 is 0 Å². The van der Waals surface area contributed by atoms with E-state index < -0.39 is 76.9 Å². The summed E-state index contributed by atoms with van der Waals surface area (Å²) in [6.45, 7) is -0.731. The first-order valence-corrected chi connectivity index (χ1v) is 14.0. The number of hydrogen-bond donors (Lipinski definition) is 2. The van der Waals surface area contributed by atoms with E-state index in [0.717, 1.165) is 0 Å². The van der Waals surface area contributed by atoms with Crippen molar-refractivity contribution in [3.63, 3.8) is 0 Å². The molecule has 0 aromatic rings. The minimum atomic E-state index is -4.60. The van der Waals surface area contributed by atoms with Crippen molar-refractivity contribution >= 4 is 39.2 Å². The van der Waals surface area contributed by atoms with E-state index in [-0.39, 0.29) is 26.1 Å². The van der Waals surface area contributed by atoms with Gasteiger partial charge in [0.25, 0.3) is 0 Å². The van der Waals surface area contributed by atoms with E-state index in [1.54, 1.807) is 0 Å². The molecule has 3 heterocycles. The summed E-state index contributed by atoms with van der Waals surface area (Å²) in [4.78, 5) is 20.3. The molecule has 0 aromatic carbocycles. The van der Waals surface area contributed by atoms with E-state index in [1.165, 1.54) is 14.2 Å². The summed E-state index contributed by atoms with van der Waals surface area (Å²) in [5.74, 6) is 0. The number of methoxy groups -OCH3 is 2. The molecular weight excluding hydrogens is 507 g/mol. The van der Waals surface area contributed by atoms with E-state index in [1.807, 2.05) is 0 Å². The minimum absolute atomic E-state index is 0.00521. The van der Waals surface area contributed by atoms with Crippen LogP contribution in [-0.4, -0.2) is 122 Å². The van der Waals surface area contributed by atoms with E-state index in [2.05, 4.69) is 0 Å². The number of ether oxygens (including phenoxy) is 5. The van der Waals surface area contributed by atoms with Crippen LogP contribution in [0.1, 0.15) is 19.3 Å². The first-order chi connectivity index (χ1) is 16.4. The van der Waals surface area contributed by atoms with Crippen molar-refractivity contribution in [3.05, 3.63) is 0 Å². The molecule has 3 rings (SSSR count). The predicted octanol–water partition coefficient (Wildman–Crippen LogP) is -0.497. The summed E-state index contributed by atoms with van der Waals surface area (Å²) in [6, 6.07) is -2.13. The molecule has 6 radical (unpaired) electrons. The molecule has 35 heavy (non-hydrogen) atoms. The molecule has 3 saturated heterocycles. The Balaban J connectivity index is 1.51. The highest BCUT2D eigenvalue weighted by molar-refractivity contribution is 7.47. The maximum absolute atomic E-state index is 12.5. The van der Waals surface area contributed by atoms with Gasteiger partial charge in [0.2, 0.25) is 0 Å². The van der Waals surface area contributed by atoms with Crippen molar-refractivity contribution in [2.45, 2.75) is 73.9 Å². The Morgan fingerprint density at radius 2 is 1.09 bits per heavy atom. The molecule has 2 N–H and O–H groups in total. The molecule has 8 unspecified atom stereocenters. The second-order valence-corrected chi connectivity index (χ2v) is 11.2. The van der Waals surface area contributed by atoms with Gasteiger partial charge in [-0.05, 0) is 19.3 Å². The van der Waals surface area contributed by atoms with Crippen molar-refractivity contribution in [3.8, 4) is 0 Å². The Morgan fingerprint density at radius 1 is 0.714 bits per heavy atom. The van der Waals surface area contributed by atoms with Crippen molar-refractivity contribution in [2.24, 2.45) is 0 Å². The minimum Gasteiger partial charge on any atom is -0.382 e. The summed E-state index contributed by atoms with van der Waals surface area (Å²) in [6.07, 6.45) is -4.13. The molecule has 0 amide bonds. The second-order valence-electron chi connectivity index (χ2n) is 8.39. The molecule has 0 bridgehead atoms. The summed E-state index contributed by atoms with van der Waals surface area (Å²) in [5, 5.41) is 0. The average Bonchev–Trinajstić information content (AvgIpc) is 3.41. The third kappa shape index (κ3) is 8.89. The van der Waals surface area contributed by atoms with Crippen LogP contribution in [0.2, 0.25) is 0 Å². The van der Waals surface area contributed by atoms with Crippen LogP contribution >= 0.6 is 15.6 Å². The number of hydrogen-bond acceptors (Lipinski definition) is 11. The molecule has 18 heteroatoms. The molecular formula is C17H29B3O13P2. The topological polar surface area (TPSA) is 158 Å². The van der Waals surface area contributed by atoms with Gasteiger partial charge in [0.15, 0.2) is 0 Å². The summed E-state index contributed by atoms with van der Waals surface area (Å²) in [7, 11) is 10.9. The SMILES string of the molecule is [B]C1C[C@H](OC)C(COP(=O)(O)O[C@H]2CC([B])OC2COP(=O)(O)O[C@H]2CC([B])OC2COC)O1. The van der Waals surface area contributed by atoms with Crippen LogP contribution < -0.4 is 0 Å². The van der Waals surface area contributed by atoms with Gasteiger partial charge in [-0.25, -0.2) is 9.13 Å². The van der Waals surface area contributed by atoms with Crippen LogP contribution in [0.4, 0.5) is 0 Å². The fraction of sp³-hybridized carbons (Fsp3) is 1.00. The fourth-order valence-corrected chi connectivity index (χ4v) is 5.98. The lowest BCUT2D eigenvalue weighted by Crippen LogP contribution is -2.31. The van der Waals surface area contributed by atoms with Gasteiger partial charge in [-0.2, -0.15) is 0 Å². The number of rotatable bonds is 13.